The van der Waals surface area contributed by atoms with Crippen LogP contribution in [0.15, 0.2) is 48.5 Å². The van der Waals surface area contributed by atoms with Crippen LogP contribution in [0.3, 0.4) is 0 Å². The molecule has 0 saturated heterocycles. The van der Waals surface area contributed by atoms with Gasteiger partial charge in [0.1, 0.15) is 5.75 Å². The number of benzene rings is 2. The standard InChI is InChI=1S/C22H26O4/c1-15(2)18-8-10-19(11-9-18)26-22(23)13-7-17-6-12-20(25-16(3)4)21(14-17)24-5/h6-16H,1-5H3/b13-7+. The van der Waals surface area contributed by atoms with E-state index < -0.39 is 5.97 Å². The van der Waals surface area contributed by atoms with Crippen molar-refractivity contribution >= 4 is 12.0 Å². The van der Waals surface area contributed by atoms with E-state index in [0.717, 1.165) is 5.56 Å². The molecule has 0 fully saturated rings. The van der Waals surface area contributed by atoms with Crippen molar-refractivity contribution in [2.45, 2.75) is 39.7 Å². The Hall–Kier alpha value is -2.75. The van der Waals surface area contributed by atoms with E-state index in [1.165, 1.54) is 11.6 Å². The summed E-state index contributed by atoms with van der Waals surface area (Å²) in [5, 5.41) is 0. The predicted octanol–water partition coefficient (Wildman–Crippen LogP) is 5.22. The summed E-state index contributed by atoms with van der Waals surface area (Å²) in [4.78, 5) is 12.0. The first-order valence-electron chi connectivity index (χ1n) is 8.73. The molecule has 0 saturated carbocycles. The van der Waals surface area contributed by atoms with Crippen LogP contribution >= 0.6 is 0 Å². The van der Waals surface area contributed by atoms with Crippen LogP contribution in [0.4, 0.5) is 0 Å². The fourth-order valence-electron chi connectivity index (χ4n) is 2.37. The Balaban J connectivity index is 2.03. The molecule has 0 aromatic heterocycles. The lowest BCUT2D eigenvalue weighted by Gasteiger charge is -2.13. The molecule has 0 aliphatic rings. The van der Waals surface area contributed by atoms with Gasteiger partial charge in [-0.25, -0.2) is 4.79 Å². The Morgan fingerprint density at radius 1 is 0.962 bits per heavy atom. The van der Waals surface area contributed by atoms with E-state index in [1.807, 2.05) is 56.3 Å². The van der Waals surface area contributed by atoms with Crippen molar-refractivity contribution in [3.8, 4) is 17.2 Å². The fraction of sp³-hybridized carbons (Fsp3) is 0.318. The number of carbonyl (C=O) groups excluding carboxylic acids is 1. The molecular weight excluding hydrogens is 328 g/mol. The minimum atomic E-state index is -0.427. The highest BCUT2D eigenvalue weighted by Gasteiger charge is 2.07. The summed E-state index contributed by atoms with van der Waals surface area (Å²) in [6, 6.07) is 13.1. The van der Waals surface area contributed by atoms with Gasteiger partial charge in [-0.3, -0.25) is 0 Å². The van der Waals surface area contributed by atoms with Gasteiger partial charge in [-0.15, -0.1) is 0 Å². The number of ether oxygens (including phenoxy) is 3. The minimum Gasteiger partial charge on any atom is -0.493 e. The van der Waals surface area contributed by atoms with Crippen LogP contribution < -0.4 is 14.2 Å². The Morgan fingerprint density at radius 2 is 1.65 bits per heavy atom. The third kappa shape index (κ3) is 5.66. The topological polar surface area (TPSA) is 44.8 Å². The molecule has 0 bridgehead atoms. The molecule has 0 unspecified atom stereocenters. The largest absolute Gasteiger partial charge is 0.493 e. The van der Waals surface area contributed by atoms with E-state index in [9.17, 15) is 4.79 Å². The van der Waals surface area contributed by atoms with Gasteiger partial charge in [-0.05, 0) is 61.2 Å². The number of esters is 1. The average molecular weight is 354 g/mol. The molecule has 0 N–H and O–H groups in total. The Morgan fingerprint density at radius 3 is 2.23 bits per heavy atom. The third-order valence-electron chi connectivity index (χ3n) is 3.73. The lowest BCUT2D eigenvalue weighted by molar-refractivity contribution is -0.128. The van der Waals surface area contributed by atoms with Crippen molar-refractivity contribution < 1.29 is 19.0 Å². The van der Waals surface area contributed by atoms with Gasteiger partial charge in [0.2, 0.25) is 0 Å². The quantitative estimate of drug-likeness (QED) is 0.388. The number of carbonyl (C=O) groups is 1. The lowest BCUT2D eigenvalue weighted by atomic mass is 10.0. The summed E-state index contributed by atoms with van der Waals surface area (Å²) < 4.78 is 16.3. The molecule has 4 nitrogen and oxygen atoms in total. The first-order valence-corrected chi connectivity index (χ1v) is 8.73. The molecule has 2 aromatic carbocycles. The summed E-state index contributed by atoms with van der Waals surface area (Å²) in [5.74, 6) is 1.84. The normalized spacial score (nSPS) is 11.2. The van der Waals surface area contributed by atoms with E-state index in [-0.39, 0.29) is 6.10 Å². The summed E-state index contributed by atoms with van der Waals surface area (Å²) in [6.07, 6.45) is 3.14. The summed E-state index contributed by atoms with van der Waals surface area (Å²) in [5.41, 5.74) is 2.03. The number of hydrogen-bond donors (Lipinski definition) is 0. The minimum absolute atomic E-state index is 0.0577. The van der Waals surface area contributed by atoms with Gasteiger partial charge in [0.05, 0.1) is 13.2 Å². The van der Waals surface area contributed by atoms with Gasteiger partial charge in [0.15, 0.2) is 11.5 Å². The van der Waals surface area contributed by atoms with E-state index in [1.54, 1.807) is 13.2 Å². The SMILES string of the molecule is COc1cc(/C=C/C(=O)Oc2ccc(C(C)C)cc2)ccc1OC(C)C. The monoisotopic (exact) mass is 354 g/mol. The van der Waals surface area contributed by atoms with Crippen molar-refractivity contribution in [1.29, 1.82) is 0 Å². The van der Waals surface area contributed by atoms with Crippen LogP contribution in [0.1, 0.15) is 44.7 Å². The Kier molecular flexibility index (Phi) is 6.84. The third-order valence-corrected chi connectivity index (χ3v) is 3.73. The molecule has 0 aliphatic carbocycles. The van der Waals surface area contributed by atoms with Crippen molar-refractivity contribution in [2.24, 2.45) is 0 Å². The van der Waals surface area contributed by atoms with Crippen LogP contribution in [0.25, 0.3) is 6.08 Å². The van der Waals surface area contributed by atoms with Gasteiger partial charge < -0.3 is 14.2 Å². The van der Waals surface area contributed by atoms with Gasteiger partial charge in [-0.2, -0.15) is 0 Å². The molecule has 0 radical (unpaired) electrons. The molecule has 2 rings (SSSR count). The molecule has 4 heteroatoms. The van der Waals surface area contributed by atoms with Crippen LogP contribution in [-0.2, 0) is 4.79 Å². The highest BCUT2D eigenvalue weighted by molar-refractivity contribution is 5.88. The first-order chi connectivity index (χ1) is 12.4. The smallest absolute Gasteiger partial charge is 0.336 e. The highest BCUT2D eigenvalue weighted by Crippen LogP contribution is 2.29. The van der Waals surface area contributed by atoms with Crippen molar-refractivity contribution in [2.75, 3.05) is 7.11 Å². The summed E-state index contributed by atoms with van der Waals surface area (Å²) >= 11 is 0. The van der Waals surface area contributed by atoms with Crippen LogP contribution in [0.5, 0.6) is 17.2 Å². The van der Waals surface area contributed by atoms with Crippen molar-refractivity contribution in [3.63, 3.8) is 0 Å². The zero-order valence-corrected chi connectivity index (χ0v) is 16.0. The fourth-order valence-corrected chi connectivity index (χ4v) is 2.37. The maximum absolute atomic E-state index is 12.0. The second-order valence-corrected chi connectivity index (χ2v) is 6.56. The second-order valence-electron chi connectivity index (χ2n) is 6.56. The molecule has 0 atom stereocenters. The molecule has 0 amide bonds. The van der Waals surface area contributed by atoms with Crippen LogP contribution in [0, 0.1) is 0 Å². The number of methoxy groups -OCH3 is 1. The molecule has 0 heterocycles. The van der Waals surface area contributed by atoms with Crippen molar-refractivity contribution in [1.82, 2.24) is 0 Å². The van der Waals surface area contributed by atoms with E-state index in [2.05, 4.69) is 13.8 Å². The maximum atomic E-state index is 12.0. The number of hydrogen-bond acceptors (Lipinski definition) is 4. The molecule has 26 heavy (non-hydrogen) atoms. The average Bonchev–Trinajstić information content (AvgIpc) is 2.60. The maximum Gasteiger partial charge on any atom is 0.336 e. The molecule has 138 valence electrons. The van der Waals surface area contributed by atoms with Gasteiger partial charge in [0, 0.05) is 6.08 Å². The Bertz CT molecular complexity index is 758. The van der Waals surface area contributed by atoms with E-state index in [0.29, 0.717) is 23.2 Å². The van der Waals surface area contributed by atoms with Crippen LogP contribution in [-0.4, -0.2) is 19.2 Å². The Labute approximate surface area is 155 Å². The van der Waals surface area contributed by atoms with Crippen LogP contribution in [0.2, 0.25) is 0 Å². The van der Waals surface area contributed by atoms with Gasteiger partial charge in [-0.1, -0.05) is 32.0 Å². The van der Waals surface area contributed by atoms with Crippen molar-refractivity contribution in [3.05, 3.63) is 59.7 Å². The highest BCUT2D eigenvalue weighted by atomic mass is 16.5. The molecule has 0 spiro atoms. The van der Waals surface area contributed by atoms with Gasteiger partial charge >= 0.3 is 5.97 Å². The lowest BCUT2D eigenvalue weighted by Crippen LogP contribution is -2.06. The molecular formula is C22H26O4. The molecule has 0 aliphatic heterocycles. The predicted molar refractivity (Wildman–Crippen MR) is 104 cm³/mol. The first kappa shape index (κ1) is 19.6. The number of rotatable bonds is 7. The summed E-state index contributed by atoms with van der Waals surface area (Å²) in [7, 11) is 1.59. The zero-order valence-electron chi connectivity index (χ0n) is 16.0. The zero-order chi connectivity index (χ0) is 19.1. The summed E-state index contributed by atoms with van der Waals surface area (Å²) in [6.45, 7) is 8.15. The van der Waals surface area contributed by atoms with E-state index >= 15 is 0 Å². The molecule has 2 aromatic rings. The van der Waals surface area contributed by atoms with Gasteiger partial charge in [0.25, 0.3) is 0 Å². The van der Waals surface area contributed by atoms with E-state index in [4.69, 9.17) is 14.2 Å². The second kappa shape index (κ2) is 9.09.